The lowest BCUT2D eigenvalue weighted by molar-refractivity contribution is 0.164. The minimum absolute atomic E-state index is 0.228. The number of piperidine rings is 1. The van der Waals surface area contributed by atoms with Crippen molar-refractivity contribution in [2.75, 3.05) is 13.1 Å². The lowest BCUT2D eigenvalue weighted by atomic mass is 10.0. The molecule has 146 valence electrons. The van der Waals surface area contributed by atoms with Gasteiger partial charge in [-0.1, -0.05) is 59.8 Å². The van der Waals surface area contributed by atoms with Gasteiger partial charge in [-0.15, -0.1) is 0 Å². The Morgan fingerprint density at radius 3 is 2.62 bits per heavy atom. The van der Waals surface area contributed by atoms with Gasteiger partial charge >= 0.3 is 0 Å². The first-order chi connectivity index (χ1) is 14.3. The van der Waals surface area contributed by atoms with Crippen LogP contribution in [0.3, 0.4) is 0 Å². The Morgan fingerprint density at radius 2 is 1.76 bits per heavy atom. The van der Waals surface area contributed by atoms with Gasteiger partial charge in [-0.2, -0.15) is 4.98 Å². The molecule has 0 unspecified atom stereocenters. The van der Waals surface area contributed by atoms with Crippen LogP contribution < -0.4 is 10.1 Å². The number of hydrogen-bond acceptors (Lipinski definition) is 5. The maximum Gasteiger partial charge on any atom is 0.258 e. The molecule has 2 heterocycles. The molecule has 4 aromatic rings. The van der Waals surface area contributed by atoms with Gasteiger partial charge < -0.3 is 14.6 Å². The first-order valence-corrected chi connectivity index (χ1v) is 10.1. The van der Waals surface area contributed by atoms with Crippen LogP contribution in [0.5, 0.6) is 5.75 Å². The molecule has 0 spiro atoms. The average molecular weight is 385 g/mol. The number of hydrogen-bond donors (Lipinski definition) is 1. The summed E-state index contributed by atoms with van der Waals surface area (Å²) in [5.41, 5.74) is 2.05. The Kier molecular flexibility index (Phi) is 4.97. The number of benzene rings is 3. The Hall–Kier alpha value is -3.18. The molecule has 29 heavy (non-hydrogen) atoms. The summed E-state index contributed by atoms with van der Waals surface area (Å²) >= 11 is 0. The first-order valence-electron chi connectivity index (χ1n) is 10.1. The summed E-state index contributed by atoms with van der Waals surface area (Å²) in [6, 6.07) is 22.6. The molecule has 0 atom stereocenters. The molecular weight excluding hydrogens is 362 g/mol. The Labute approximate surface area is 169 Å². The minimum atomic E-state index is 0.228. The lowest BCUT2D eigenvalue weighted by Gasteiger charge is -2.24. The zero-order valence-electron chi connectivity index (χ0n) is 16.2. The summed E-state index contributed by atoms with van der Waals surface area (Å²) in [5, 5.41) is 9.78. The molecule has 5 nitrogen and oxygen atoms in total. The zero-order valence-corrected chi connectivity index (χ0v) is 16.2. The van der Waals surface area contributed by atoms with Gasteiger partial charge in [-0.25, -0.2) is 0 Å². The molecular formula is C24H23N3O2. The minimum Gasteiger partial charge on any atom is -0.490 e. The molecule has 0 amide bonds. The van der Waals surface area contributed by atoms with Gasteiger partial charge in [0.1, 0.15) is 11.9 Å². The topological polar surface area (TPSA) is 60.2 Å². The quantitative estimate of drug-likeness (QED) is 0.544. The number of fused-ring (bicyclic) bond motifs is 1. The third-order valence-corrected chi connectivity index (χ3v) is 5.32. The predicted molar refractivity (Wildman–Crippen MR) is 113 cm³/mol. The van der Waals surface area contributed by atoms with Gasteiger partial charge in [0.05, 0.1) is 0 Å². The van der Waals surface area contributed by atoms with Crippen LogP contribution in [-0.4, -0.2) is 29.3 Å². The van der Waals surface area contributed by atoms with Gasteiger partial charge in [-0.3, -0.25) is 0 Å². The van der Waals surface area contributed by atoms with Crippen molar-refractivity contribution in [1.82, 2.24) is 15.5 Å². The summed E-state index contributed by atoms with van der Waals surface area (Å²) < 4.78 is 12.0. The van der Waals surface area contributed by atoms with E-state index in [1.165, 1.54) is 0 Å². The summed E-state index contributed by atoms with van der Waals surface area (Å²) in [5.74, 6) is 2.09. The van der Waals surface area contributed by atoms with Crippen molar-refractivity contribution in [3.05, 3.63) is 78.1 Å². The maximum atomic E-state index is 6.40. The van der Waals surface area contributed by atoms with Crippen molar-refractivity contribution in [3.63, 3.8) is 0 Å². The molecule has 3 aromatic carbocycles. The molecule has 0 aliphatic carbocycles. The normalized spacial score (nSPS) is 14.9. The average Bonchev–Trinajstić information content (AvgIpc) is 3.24. The van der Waals surface area contributed by atoms with Gasteiger partial charge in [0.2, 0.25) is 0 Å². The number of nitrogens with zero attached hydrogens (tertiary/aromatic N) is 2. The van der Waals surface area contributed by atoms with Gasteiger partial charge in [0.15, 0.2) is 5.82 Å². The first kappa shape index (κ1) is 17.9. The fourth-order valence-corrected chi connectivity index (χ4v) is 3.81. The molecule has 1 aliphatic rings. The molecule has 0 saturated carbocycles. The zero-order chi connectivity index (χ0) is 19.5. The summed E-state index contributed by atoms with van der Waals surface area (Å²) in [6.07, 6.45) is 2.91. The van der Waals surface area contributed by atoms with Crippen LogP contribution >= 0.6 is 0 Å². The van der Waals surface area contributed by atoms with E-state index in [1.54, 1.807) is 0 Å². The Bertz CT molecular complexity index is 1100. The third-order valence-electron chi connectivity index (χ3n) is 5.32. The summed E-state index contributed by atoms with van der Waals surface area (Å²) in [6.45, 7) is 1.99. The van der Waals surface area contributed by atoms with Gasteiger partial charge in [0.25, 0.3) is 5.89 Å². The Balaban J connectivity index is 1.47. The lowest BCUT2D eigenvalue weighted by Crippen LogP contribution is -2.34. The highest BCUT2D eigenvalue weighted by Gasteiger charge is 2.18. The smallest absolute Gasteiger partial charge is 0.258 e. The third kappa shape index (κ3) is 4.00. The van der Waals surface area contributed by atoms with E-state index >= 15 is 0 Å². The highest BCUT2D eigenvalue weighted by Crippen LogP contribution is 2.33. The van der Waals surface area contributed by atoms with Crippen molar-refractivity contribution in [3.8, 4) is 17.2 Å². The molecule has 1 N–H and O–H groups in total. The molecule has 1 aromatic heterocycles. The maximum absolute atomic E-state index is 6.40. The summed E-state index contributed by atoms with van der Waals surface area (Å²) in [4.78, 5) is 4.63. The van der Waals surface area contributed by atoms with E-state index in [4.69, 9.17) is 9.26 Å². The van der Waals surface area contributed by atoms with Gasteiger partial charge in [-0.05, 0) is 49.0 Å². The van der Waals surface area contributed by atoms with Crippen LogP contribution in [0.15, 0.2) is 71.3 Å². The van der Waals surface area contributed by atoms with Crippen molar-refractivity contribution in [1.29, 1.82) is 0 Å². The van der Waals surface area contributed by atoms with E-state index in [-0.39, 0.29) is 6.10 Å². The molecule has 1 saturated heterocycles. The SMILES string of the molecule is c1ccc(Cc2noc(-c3cc(OC4CCNCC4)c4ccccc4c3)n2)cc1. The van der Waals surface area contributed by atoms with E-state index in [1.807, 2.05) is 36.4 Å². The van der Waals surface area contributed by atoms with Gasteiger partial charge in [0, 0.05) is 17.4 Å². The van der Waals surface area contributed by atoms with Crippen molar-refractivity contribution in [2.45, 2.75) is 25.4 Å². The summed E-state index contributed by atoms with van der Waals surface area (Å²) in [7, 11) is 0. The van der Waals surface area contributed by atoms with E-state index in [2.05, 4.69) is 45.8 Å². The number of nitrogens with one attached hydrogen (secondary N) is 1. The van der Waals surface area contributed by atoms with Crippen LogP contribution in [0.2, 0.25) is 0 Å². The highest BCUT2D eigenvalue weighted by atomic mass is 16.5. The van der Waals surface area contributed by atoms with Crippen LogP contribution in [0, 0.1) is 0 Å². The fraction of sp³-hybridized carbons (Fsp3) is 0.250. The highest BCUT2D eigenvalue weighted by molar-refractivity contribution is 5.91. The van der Waals surface area contributed by atoms with Crippen molar-refractivity contribution in [2.24, 2.45) is 0 Å². The van der Waals surface area contributed by atoms with Crippen LogP contribution in [0.4, 0.5) is 0 Å². The standard InChI is InChI=1S/C24H23N3O2/c1-2-6-17(7-3-1)14-23-26-24(29-27-23)19-15-18-8-4-5-9-21(18)22(16-19)28-20-10-12-25-13-11-20/h1-9,15-16,20,25H,10-14H2. The molecule has 1 fully saturated rings. The van der Waals surface area contributed by atoms with Crippen LogP contribution in [0.1, 0.15) is 24.2 Å². The largest absolute Gasteiger partial charge is 0.490 e. The predicted octanol–water partition coefficient (Wildman–Crippen LogP) is 4.61. The molecule has 5 heteroatoms. The number of rotatable bonds is 5. The van der Waals surface area contributed by atoms with E-state index < -0.39 is 0 Å². The van der Waals surface area contributed by atoms with Crippen LogP contribution in [-0.2, 0) is 6.42 Å². The fourth-order valence-electron chi connectivity index (χ4n) is 3.81. The monoisotopic (exact) mass is 385 g/mol. The second kappa shape index (κ2) is 8.05. The van der Waals surface area contributed by atoms with Crippen molar-refractivity contribution < 1.29 is 9.26 Å². The molecule has 0 bridgehead atoms. The molecule has 1 aliphatic heterocycles. The number of aromatic nitrogens is 2. The number of ether oxygens (including phenoxy) is 1. The van der Waals surface area contributed by atoms with E-state index in [0.717, 1.165) is 53.6 Å². The van der Waals surface area contributed by atoms with E-state index in [9.17, 15) is 0 Å². The van der Waals surface area contributed by atoms with Crippen molar-refractivity contribution >= 4 is 10.8 Å². The molecule has 0 radical (unpaired) electrons. The second-order valence-electron chi connectivity index (χ2n) is 7.44. The van der Waals surface area contributed by atoms with E-state index in [0.29, 0.717) is 18.1 Å². The molecule has 5 rings (SSSR count). The second-order valence-corrected chi connectivity index (χ2v) is 7.44. The Morgan fingerprint density at radius 1 is 0.966 bits per heavy atom. The van der Waals surface area contributed by atoms with Crippen LogP contribution in [0.25, 0.3) is 22.2 Å².